The predicted molar refractivity (Wildman–Crippen MR) is 127 cm³/mol. The van der Waals surface area contributed by atoms with Crippen LogP contribution in [0.3, 0.4) is 0 Å². The molecule has 3 N–H and O–H groups in total. The smallest absolute Gasteiger partial charge is 0.268 e. The summed E-state index contributed by atoms with van der Waals surface area (Å²) in [5, 5.41) is -0.722. The summed E-state index contributed by atoms with van der Waals surface area (Å²) in [6.07, 6.45) is 2.13. The number of amides is 1. The molecule has 2 aromatic rings. The molecule has 1 aliphatic carbocycles. The SMILES string of the molecule is C[C@@H]1CN(c2nc(-c3cc(F)cc(F)c3)ccc2C(=O)NS(=O)(=O)C2CC[C@H](N)C2)C(C)(C)C1. The molecule has 0 radical (unpaired) electrons. The number of rotatable bonds is 5. The average Bonchev–Trinajstić information content (AvgIpc) is 3.28. The average molecular weight is 493 g/mol. The molecule has 0 spiro atoms. The van der Waals surface area contributed by atoms with Crippen molar-refractivity contribution in [1.29, 1.82) is 0 Å². The number of hydrogen-bond acceptors (Lipinski definition) is 6. The highest BCUT2D eigenvalue weighted by Gasteiger charge is 2.40. The molecule has 1 aromatic heterocycles. The van der Waals surface area contributed by atoms with Gasteiger partial charge in [0.15, 0.2) is 0 Å². The first kappa shape index (κ1) is 24.5. The number of halogens is 2. The van der Waals surface area contributed by atoms with Gasteiger partial charge in [-0.2, -0.15) is 0 Å². The van der Waals surface area contributed by atoms with Crippen molar-refractivity contribution in [3.63, 3.8) is 0 Å². The zero-order chi connectivity index (χ0) is 24.8. The van der Waals surface area contributed by atoms with Crippen LogP contribution >= 0.6 is 0 Å². The number of carbonyl (C=O) groups excluding carboxylic acids is 1. The third-order valence-electron chi connectivity index (χ3n) is 6.71. The molecule has 1 saturated carbocycles. The van der Waals surface area contributed by atoms with Gasteiger partial charge in [0.1, 0.15) is 17.5 Å². The monoisotopic (exact) mass is 492 g/mol. The Morgan fingerprint density at radius 1 is 1.18 bits per heavy atom. The van der Waals surface area contributed by atoms with Gasteiger partial charge >= 0.3 is 0 Å². The first-order valence-corrected chi connectivity index (χ1v) is 13.0. The molecule has 1 aromatic carbocycles. The van der Waals surface area contributed by atoms with E-state index in [0.29, 0.717) is 31.7 Å². The Morgan fingerprint density at radius 3 is 2.41 bits per heavy atom. The van der Waals surface area contributed by atoms with Crippen molar-refractivity contribution in [1.82, 2.24) is 9.71 Å². The topological polar surface area (TPSA) is 105 Å². The quantitative estimate of drug-likeness (QED) is 0.661. The molecular weight excluding hydrogens is 462 g/mol. The van der Waals surface area contributed by atoms with E-state index < -0.39 is 32.8 Å². The van der Waals surface area contributed by atoms with Crippen LogP contribution in [0.1, 0.15) is 56.8 Å². The largest absolute Gasteiger partial charge is 0.351 e. The number of nitrogens with two attached hydrogens (primary N) is 1. The first-order valence-electron chi connectivity index (χ1n) is 11.4. The van der Waals surface area contributed by atoms with Gasteiger partial charge in [0.2, 0.25) is 10.0 Å². The maximum Gasteiger partial charge on any atom is 0.268 e. The number of nitrogens with zero attached hydrogens (tertiary/aromatic N) is 2. The summed E-state index contributed by atoms with van der Waals surface area (Å²) < 4.78 is 55.6. The van der Waals surface area contributed by atoms with E-state index in [4.69, 9.17) is 5.73 Å². The number of aromatic nitrogens is 1. The lowest BCUT2D eigenvalue weighted by Crippen LogP contribution is -2.42. The van der Waals surface area contributed by atoms with E-state index in [1.807, 2.05) is 18.7 Å². The van der Waals surface area contributed by atoms with Crippen molar-refractivity contribution in [2.75, 3.05) is 11.4 Å². The molecule has 2 aliphatic rings. The summed E-state index contributed by atoms with van der Waals surface area (Å²) in [4.78, 5) is 19.8. The molecule has 2 heterocycles. The highest BCUT2D eigenvalue weighted by atomic mass is 32.2. The van der Waals surface area contributed by atoms with E-state index in [1.54, 1.807) is 0 Å². The fraction of sp³-hybridized carbons (Fsp3) is 0.500. The van der Waals surface area contributed by atoms with E-state index in [9.17, 15) is 22.0 Å². The lowest BCUT2D eigenvalue weighted by atomic mass is 9.97. The number of sulfonamides is 1. The maximum atomic E-state index is 13.8. The molecular formula is C24H30F2N4O3S. The van der Waals surface area contributed by atoms with Crippen molar-refractivity contribution < 1.29 is 22.0 Å². The van der Waals surface area contributed by atoms with Crippen LogP contribution in [0.4, 0.5) is 14.6 Å². The Kier molecular flexibility index (Phi) is 6.41. The van der Waals surface area contributed by atoms with E-state index in [0.717, 1.165) is 12.5 Å². The molecule has 34 heavy (non-hydrogen) atoms. The van der Waals surface area contributed by atoms with Gasteiger partial charge in [-0.15, -0.1) is 0 Å². The molecule has 1 unspecified atom stereocenters. The van der Waals surface area contributed by atoms with Crippen molar-refractivity contribution in [2.45, 2.75) is 63.3 Å². The van der Waals surface area contributed by atoms with E-state index >= 15 is 0 Å². The number of benzene rings is 1. The highest BCUT2D eigenvalue weighted by Crippen LogP contribution is 2.38. The first-order chi connectivity index (χ1) is 15.9. The van der Waals surface area contributed by atoms with Gasteiger partial charge in [0, 0.05) is 29.8 Å². The second-order valence-electron chi connectivity index (χ2n) is 10.1. The number of pyridine rings is 1. The minimum absolute atomic E-state index is 0.0914. The van der Waals surface area contributed by atoms with Crippen LogP contribution in [0.5, 0.6) is 0 Å². The van der Waals surface area contributed by atoms with Crippen LogP contribution in [0.15, 0.2) is 30.3 Å². The van der Waals surface area contributed by atoms with Gasteiger partial charge in [-0.25, -0.2) is 26.9 Å². The van der Waals surface area contributed by atoms with Gasteiger partial charge < -0.3 is 10.6 Å². The number of carbonyl (C=O) groups is 1. The Morgan fingerprint density at radius 2 is 1.85 bits per heavy atom. The van der Waals surface area contributed by atoms with E-state index in [1.165, 1.54) is 24.3 Å². The fourth-order valence-corrected chi connectivity index (χ4v) is 6.66. The summed E-state index contributed by atoms with van der Waals surface area (Å²) >= 11 is 0. The third kappa shape index (κ3) is 4.93. The van der Waals surface area contributed by atoms with Gasteiger partial charge in [-0.05, 0) is 69.7 Å². The van der Waals surface area contributed by atoms with Crippen molar-refractivity contribution in [3.05, 3.63) is 47.5 Å². The molecule has 0 bridgehead atoms. The minimum atomic E-state index is -3.92. The molecule has 4 rings (SSSR count). The molecule has 1 amide bonds. The highest BCUT2D eigenvalue weighted by molar-refractivity contribution is 7.90. The standard InChI is InChI=1S/C24H30F2N4O3S/c1-14-12-24(2,3)30(13-14)22-20(23(31)29-34(32,33)19-5-4-18(27)11-19)6-7-21(28-22)15-8-16(25)10-17(26)9-15/h6-10,14,18-19H,4-5,11-13,27H2,1-3H3,(H,29,31)/t14-,18-,19?/m0/s1. The van der Waals surface area contributed by atoms with Crippen LogP contribution in [-0.4, -0.2) is 42.7 Å². The molecule has 1 aliphatic heterocycles. The molecule has 1 saturated heterocycles. The Hall–Kier alpha value is -2.59. The van der Waals surface area contributed by atoms with Crippen molar-refractivity contribution in [2.24, 2.45) is 11.7 Å². The molecule has 10 heteroatoms. The lowest BCUT2D eigenvalue weighted by molar-refractivity contribution is 0.0981. The number of nitrogens with one attached hydrogen (secondary N) is 1. The second kappa shape index (κ2) is 8.88. The zero-order valence-corrected chi connectivity index (χ0v) is 20.3. The summed E-state index contributed by atoms with van der Waals surface area (Å²) in [6, 6.07) is 5.84. The van der Waals surface area contributed by atoms with Crippen LogP contribution in [-0.2, 0) is 10.0 Å². The summed E-state index contributed by atoms with van der Waals surface area (Å²) in [5.74, 6) is -1.67. The van der Waals surface area contributed by atoms with E-state index in [2.05, 4.69) is 16.6 Å². The van der Waals surface area contributed by atoms with Crippen LogP contribution < -0.4 is 15.4 Å². The van der Waals surface area contributed by atoms with E-state index in [-0.39, 0.29) is 34.2 Å². The number of anilines is 1. The van der Waals surface area contributed by atoms with Crippen LogP contribution in [0.2, 0.25) is 0 Å². The predicted octanol–water partition coefficient (Wildman–Crippen LogP) is 3.59. The molecule has 7 nitrogen and oxygen atoms in total. The normalized spacial score (nSPS) is 24.4. The summed E-state index contributed by atoms with van der Waals surface area (Å²) in [7, 11) is -3.92. The van der Waals surface area contributed by atoms with Gasteiger partial charge in [0.05, 0.1) is 16.5 Å². The van der Waals surface area contributed by atoms with Gasteiger partial charge in [-0.3, -0.25) is 4.79 Å². The number of hydrogen-bond donors (Lipinski definition) is 2. The maximum absolute atomic E-state index is 13.8. The Balaban J connectivity index is 1.75. The zero-order valence-electron chi connectivity index (χ0n) is 19.5. The minimum Gasteiger partial charge on any atom is -0.351 e. The lowest BCUT2D eigenvalue weighted by Gasteiger charge is -2.34. The fourth-order valence-electron chi connectivity index (χ4n) is 5.18. The molecule has 2 fully saturated rings. The summed E-state index contributed by atoms with van der Waals surface area (Å²) in [5.41, 5.74) is 6.10. The Labute approximate surface area is 198 Å². The van der Waals surface area contributed by atoms with Crippen molar-refractivity contribution in [3.8, 4) is 11.3 Å². The molecule has 184 valence electrons. The second-order valence-corrected chi connectivity index (χ2v) is 12.1. The van der Waals surface area contributed by atoms with Crippen LogP contribution in [0, 0.1) is 17.6 Å². The van der Waals surface area contributed by atoms with Gasteiger partial charge in [0.25, 0.3) is 5.91 Å². The third-order valence-corrected chi connectivity index (χ3v) is 8.48. The summed E-state index contributed by atoms with van der Waals surface area (Å²) in [6.45, 7) is 6.72. The van der Waals surface area contributed by atoms with Crippen molar-refractivity contribution >= 4 is 21.7 Å². The van der Waals surface area contributed by atoms with Crippen LogP contribution in [0.25, 0.3) is 11.3 Å². The Bertz CT molecular complexity index is 1200. The molecule has 3 atom stereocenters. The van der Waals surface area contributed by atoms with Gasteiger partial charge in [-0.1, -0.05) is 6.92 Å².